The monoisotopic (exact) mass is 404 g/mol. The summed E-state index contributed by atoms with van der Waals surface area (Å²) in [6.07, 6.45) is 10.7. The van der Waals surface area contributed by atoms with E-state index in [1.54, 1.807) is 7.11 Å². The molecule has 0 atom stereocenters. The fourth-order valence-corrected chi connectivity index (χ4v) is 3.31. The Morgan fingerprint density at radius 1 is 0.700 bits per heavy atom. The van der Waals surface area contributed by atoms with Crippen LogP contribution in [0, 0.1) is 0 Å². The molecule has 0 bridgehead atoms. The number of rotatable bonds is 12. The molecule has 4 heteroatoms. The molecule has 0 spiro atoms. The van der Waals surface area contributed by atoms with Crippen molar-refractivity contribution < 1.29 is 9.47 Å². The van der Waals surface area contributed by atoms with Crippen LogP contribution in [0.1, 0.15) is 44.6 Å². The first-order valence-electron chi connectivity index (χ1n) is 10.9. The van der Waals surface area contributed by atoms with Gasteiger partial charge in [-0.25, -0.2) is 9.97 Å². The van der Waals surface area contributed by atoms with Crippen molar-refractivity contribution in [1.29, 1.82) is 0 Å². The number of nitrogens with zero attached hydrogens (tertiary/aromatic N) is 2. The van der Waals surface area contributed by atoms with Gasteiger partial charge in [-0.15, -0.1) is 0 Å². The van der Waals surface area contributed by atoms with Crippen LogP contribution in [0.3, 0.4) is 0 Å². The minimum Gasteiger partial charge on any atom is -0.494 e. The molecule has 1 heterocycles. The zero-order valence-corrected chi connectivity index (χ0v) is 18.1. The van der Waals surface area contributed by atoms with Crippen LogP contribution in [0.25, 0.3) is 22.5 Å². The van der Waals surface area contributed by atoms with Crippen molar-refractivity contribution in [3.8, 4) is 28.3 Å². The molecule has 0 N–H and O–H groups in total. The van der Waals surface area contributed by atoms with Crippen LogP contribution in [0.4, 0.5) is 0 Å². The lowest BCUT2D eigenvalue weighted by Gasteiger charge is -2.07. The number of hydrogen-bond donors (Lipinski definition) is 0. The van der Waals surface area contributed by atoms with Crippen molar-refractivity contribution in [2.75, 3.05) is 20.3 Å². The van der Waals surface area contributed by atoms with E-state index in [0.29, 0.717) is 6.61 Å². The largest absolute Gasteiger partial charge is 0.494 e. The Hall–Kier alpha value is -2.72. The van der Waals surface area contributed by atoms with Gasteiger partial charge in [-0.2, -0.15) is 0 Å². The zero-order chi connectivity index (χ0) is 21.0. The Balaban J connectivity index is 1.56. The maximum absolute atomic E-state index is 5.76. The third kappa shape index (κ3) is 6.67. The van der Waals surface area contributed by atoms with E-state index in [1.165, 1.54) is 24.8 Å². The summed E-state index contributed by atoms with van der Waals surface area (Å²) in [7, 11) is 1.72. The van der Waals surface area contributed by atoms with Crippen LogP contribution in [0.5, 0.6) is 5.75 Å². The van der Waals surface area contributed by atoms with Gasteiger partial charge in [-0.1, -0.05) is 44.0 Å². The molecular weight excluding hydrogens is 372 g/mol. The van der Waals surface area contributed by atoms with Crippen LogP contribution in [0.15, 0.2) is 60.9 Å². The maximum Gasteiger partial charge on any atom is 0.159 e. The van der Waals surface area contributed by atoms with Gasteiger partial charge in [-0.3, -0.25) is 0 Å². The van der Waals surface area contributed by atoms with Gasteiger partial charge >= 0.3 is 0 Å². The highest BCUT2D eigenvalue weighted by Crippen LogP contribution is 2.23. The van der Waals surface area contributed by atoms with Crippen LogP contribution in [0.2, 0.25) is 0 Å². The second-order valence-corrected chi connectivity index (χ2v) is 7.52. The molecule has 0 saturated heterocycles. The lowest BCUT2D eigenvalue weighted by Crippen LogP contribution is -1.99. The van der Waals surface area contributed by atoms with Gasteiger partial charge in [0.25, 0.3) is 0 Å². The fourth-order valence-electron chi connectivity index (χ4n) is 3.31. The minimum atomic E-state index is 0.700. The molecule has 0 aliphatic heterocycles. The zero-order valence-electron chi connectivity index (χ0n) is 18.1. The first kappa shape index (κ1) is 22.0. The molecule has 0 aliphatic carbocycles. The summed E-state index contributed by atoms with van der Waals surface area (Å²) in [6.45, 7) is 3.71. The molecule has 3 aromatic rings. The molecule has 158 valence electrons. The SMILES string of the molecule is CCCCCc1ccc(-c2cnc(-c3ccc(OCCCCOC)cc3)nc2)cc1. The normalized spacial score (nSPS) is 10.9. The second-order valence-electron chi connectivity index (χ2n) is 7.52. The smallest absolute Gasteiger partial charge is 0.159 e. The lowest BCUT2D eigenvalue weighted by atomic mass is 10.0. The van der Waals surface area contributed by atoms with Crippen LogP contribution in [-0.4, -0.2) is 30.3 Å². The van der Waals surface area contributed by atoms with Crippen LogP contribution >= 0.6 is 0 Å². The highest BCUT2D eigenvalue weighted by atomic mass is 16.5. The topological polar surface area (TPSA) is 44.2 Å². The molecule has 0 aliphatic rings. The highest BCUT2D eigenvalue weighted by molar-refractivity contribution is 5.64. The molecule has 3 rings (SSSR count). The molecule has 0 fully saturated rings. The molecule has 0 saturated carbocycles. The number of hydrogen-bond acceptors (Lipinski definition) is 4. The number of methoxy groups -OCH3 is 1. The molecule has 30 heavy (non-hydrogen) atoms. The Bertz CT molecular complexity index is 859. The first-order chi connectivity index (χ1) is 14.8. The van der Waals surface area contributed by atoms with Crippen molar-refractivity contribution in [2.45, 2.75) is 45.4 Å². The van der Waals surface area contributed by atoms with Gasteiger partial charge in [0.1, 0.15) is 5.75 Å². The number of aryl methyl sites for hydroxylation is 1. The Morgan fingerprint density at radius 2 is 1.37 bits per heavy atom. The number of aromatic nitrogens is 2. The summed E-state index contributed by atoms with van der Waals surface area (Å²) >= 11 is 0. The van der Waals surface area contributed by atoms with Gasteiger partial charge in [0.05, 0.1) is 6.61 Å². The number of unbranched alkanes of at least 4 members (excludes halogenated alkanes) is 3. The van der Waals surface area contributed by atoms with Gasteiger partial charge in [0.2, 0.25) is 0 Å². The summed E-state index contributed by atoms with van der Waals surface area (Å²) in [5.41, 5.74) is 4.57. The van der Waals surface area contributed by atoms with Crippen molar-refractivity contribution in [3.05, 3.63) is 66.5 Å². The Labute approximate surface area is 180 Å². The third-order valence-corrected chi connectivity index (χ3v) is 5.13. The van der Waals surface area contributed by atoms with Crippen LogP contribution in [-0.2, 0) is 11.2 Å². The predicted molar refractivity (Wildman–Crippen MR) is 123 cm³/mol. The molecule has 0 unspecified atom stereocenters. The first-order valence-corrected chi connectivity index (χ1v) is 10.9. The summed E-state index contributed by atoms with van der Waals surface area (Å²) in [6, 6.07) is 16.7. The minimum absolute atomic E-state index is 0.700. The average molecular weight is 405 g/mol. The molecule has 1 aromatic heterocycles. The quantitative estimate of drug-likeness (QED) is 0.330. The van der Waals surface area contributed by atoms with Gasteiger partial charge in [0.15, 0.2) is 5.82 Å². The Kier molecular flexibility index (Phi) is 8.85. The van der Waals surface area contributed by atoms with E-state index in [0.717, 1.165) is 54.1 Å². The summed E-state index contributed by atoms with van der Waals surface area (Å²) in [5, 5.41) is 0. The standard InChI is InChI=1S/C26H32N2O2/c1-3-4-5-8-21-9-11-22(12-10-21)24-19-27-26(28-20-24)23-13-15-25(16-14-23)30-18-7-6-17-29-2/h9-16,19-20H,3-8,17-18H2,1-2H3. The van der Waals surface area contributed by atoms with Crippen molar-refractivity contribution in [1.82, 2.24) is 9.97 Å². The molecule has 0 radical (unpaired) electrons. The number of ether oxygens (including phenoxy) is 2. The van der Waals surface area contributed by atoms with E-state index >= 15 is 0 Å². The van der Waals surface area contributed by atoms with Crippen LogP contribution < -0.4 is 4.74 Å². The van der Waals surface area contributed by atoms with E-state index < -0.39 is 0 Å². The van der Waals surface area contributed by atoms with E-state index in [9.17, 15) is 0 Å². The highest BCUT2D eigenvalue weighted by Gasteiger charge is 2.04. The summed E-state index contributed by atoms with van der Waals surface area (Å²) in [5.74, 6) is 1.59. The fraction of sp³-hybridized carbons (Fsp3) is 0.385. The maximum atomic E-state index is 5.76. The van der Waals surface area contributed by atoms with E-state index in [-0.39, 0.29) is 0 Å². The average Bonchev–Trinajstić information content (AvgIpc) is 2.80. The summed E-state index contributed by atoms with van der Waals surface area (Å²) in [4.78, 5) is 9.14. The third-order valence-electron chi connectivity index (χ3n) is 5.13. The van der Waals surface area contributed by atoms with E-state index in [4.69, 9.17) is 9.47 Å². The predicted octanol–water partition coefficient (Wildman–Crippen LogP) is 6.35. The van der Waals surface area contributed by atoms with Crippen molar-refractivity contribution in [2.24, 2.45) is 0 Å². The molecule has 4 nitrogen and oxygen atoms in total. The lowest BCUT2D eigenvalue weighted by molar-refractivity contribution is 0.184. The molecular formula is C26H32N2O2. The van der Waals surface area contributed by atoms with Gasteiger partial charge in [0, 0.05) is 37.2 Å². The second kappa shape index (κ2) is 12.1. The van der Waals surface area contributed by atoms with Gasteiger partial charge < -0.3 is 9.47 Å². The van der Waals surface area contributed by atoms with E-state index in [1.807, 2.05) is 36.7 Å². The number of benzene rings is 2. The molecule has 2 aromatic carbocycles. The van der Waals surface area contributed by atoms with E-state index in [2.05, 4.69) is 41.2 Å². The van der Waals surface area contributed by atoms with Gasteiger partial charge in [-0.05, 0) is 61.1 Å². The molecule has 0 amide bonds. The van der Waals surface area contributed by atoms with Crippen molar-refractivity contribution in [3.63, 3.8) is 0 Å². The Morgan fingerprint density at radius 3 is 2.03 bits per heavy atom. The van der Waals surface area contributed by atoms with Crippen molar-refractivity contribution >= 4 is 0 Å². The summed E-state index contributed by atoms with van der Waals surface area (Å²) < 4.78 is 10.8.